The molecule has 2 nitrogen and oxygen atoms in total. The highest BCUT2D eigenvalue weighted by Gasteiger charge is 2.14. The van der Waals surface area contributed by atoms with Gasteiger partial charge in [0.05, 0.1) is 5.02 Å². The lowest BCUT2D eigenvalue weighted by Gasteiger charge is -2.09. The molecule has 0 saturated carbocycles. The van der Waals surface area contributed by atoms with Crippen LogP contribution in [-0.2, 0) is 4.57 Å². The predicted octanol–water partition coefficient (Wildman–Crippen LogP) is 4.09. The molecule has 0 radical (unpaired) electrons. The van der Waals surface area contributed by atoms with Crippen LogP contribution in [0.15, 0.2) is 18.2 Å². The van der Waals surface area contributed by atoms with Crippen LogP contribution in [-0.4, -0.2) is 6.66 Å². The van der Waals surface area contributed by atoms with E-state index in [4.69, 9.17) is 27.4 Å². The standard InChI is InChI=1S/C8H9Cl2O2P/c1-6-3-4-7(9)8(5-6)12-13(2,10)11/h3-5H,1-2H3. The fourth-order valence-corrected chi connectivity index (χ4v) is 1.79. The zero-order valence-corrected chi connectivity index (χ0v) is 9.66. The second-order valence-electron chi connectivity index (χ2n) is 2.77. The summed E-state index contributed by atoms with van der Waals surface area (Å²) in [5.41, 5.74) is 0.976. The lowest BCUT2D eigenvalue weighted by molar-refractivity contribution is 0.504. The van der Waals surface area contributed by atoms with Crippen molar-refractivity contribution in [3.63, 3.8) is 0 Å². The largest absolute Gasteiger partial charge is 0.431 e. The van der Waals surface area contributed by atoms with Crippen LogP contribution in [0, 0.1) is 6.92 Å². The van der Waals surface area contributed by atoms with Crippen LogP contribution in [0.4, 0.5) is 0 Å². The van der Waals surface area contributed by atoms with Crippen molar-refractivity contribution >= 4 is 29.6 Å². The normalized spacial score (nSPS) is 15.1. The topological polar surface area (TPSA) is 26.3 Å². The second-order valence-corrected chi connectivity index (χ2v) is 6.70. The molecule has 5 heteroatoms. The van der Waals surface area contributed by atoms with E-state index in [1.165, 1.54) is 6.66 Å². The van der Waals surface area contributed by atoms with Crippen LogP contribution < -0.4 is 4.52 Å². The van der Waals surface area contributed by atoms with E-state index in [0.29, 0.717) is 10.8 Å². The summed E-state index contributed by atoms with van der Waals surface area (Å²) in [6.45, 7) is 0.167. The molecule has 0 N–H and O–H groups in total. The number of hydrogen-bond donors (Lipinski definition) is 0. The Labute approximate surface area is 87.0 Å². The maximum atomic E-state index is 11.1. The van der Waals surface area contributed by atoms with Gasteiger partial charge in [0.15, 0.2) is 0 Å². The first-order valence-corrected chi connectivity index (χ1v) is 6.97. The van der Waals surface area contributed by atoms with Gasteiger partial charge in [-0.25, -0.2) is 0 Å². The van der Waals surface area contributed by atoms with Crippen LogP contribution in [0.5, 0.6) is 5.75 Å². The highest BCUT2D eigenvalue weighted by Crippen LogP contribution is 2.49. The monoisotopic (exact) mass is 238 g/mol. The van der Waals surface area contributed by atoms with E-state index in [1.54, 1.807) is 12.1 Å². The fraction of sp³-hybridized carbons (Fsp3) is 0.250. The maximum Gasteiger partial charge on any atom is 0.333 e. The molecule has 0 aliphatic carbocycles. The Kier molecular flexibility index (Phi) is 3.28. The predicted molar refractivity (Wildman–Crippen MR) is 56.2 cm³/mol. The summed E-state index contributed by atoms with van der Waals surface area (Å²) >= 11 is 11.3. The summed E-state index contributed by atoms with van der Waals surface area (Å²) in [5, 5.41) is 0.410. The minimum Gasteiger partial charge on any atom is -0.431 e. The molecule has 0 amide bonds. The van der Waals surface area contributed by atoms with Crippen molar-refractivity contribution in [2.24, 2.45) is 0 Å². The van der Waals surface area contributed by atoms with Gasteiger partial charge in [0, 0.05) is 6.66 Å². The van der Waals surface area contributed by atoms with Crippen molar-refractivity contribution < 1.29 is 9.09 Å². The SMILES string of the molecule is Cc1ccc(Cl)c(OP(C)(=O)Cl)c1. The Hall–Kier alpha value is -0.170. The van der Waals surface area contributed by atoms with Gasteiger partial charge in [-0.2, -0.15) is 0 Å². The van der Waals surface area contributed by atoms with Crippen LogP contribution in [0.1, 0.15) is 5.56 Å². The quantitative estimate of drug-likeness (QED) is 0.726. The molecule has 13 heavy (non-hydrogen) atoms. The molecule has 0 heterocycles. The minimum absolute atomic E-state index is 0.363. The molecule has 1 rings (SSSR count). The number of halogens is 2. The Morgan fingerprint density at radius 1 is 1.46 bits per heavy atom. The Morgan fingerprint density at radius 3 is 2.62 bits per heavy atom. The Balaban J connectivity index is 3.01. The van der Waals surface area contributed by atoms with E-state index in [2.05, 4.69) is 0 Å². The van der Waals surface area contributed by atoms with Gasteiger partial charge >= 0.3 is 6.72 Å². The average Bonchev–Trinajstić information content (AvgIpc) is 1.94. The molecular formula is C8H9Cl2O2P. The van der Waals surface area contributed by atoms with E-state index in [9.17, 15) is 4.57 Å². The van der Waals surface area contributed by atoms with Crippen molar-refractivity contribution in [3.8, 4) is 5.75 Å². The van der Waals surface area contributed by atoms with Gasteiger partial charge in [-0.3, -0.25) is 4.57 Å². The summed E-state index contributed by atoms with van der Waals surface area (Å²) in [6, 6.07) is 5.21. The summed E-state index contributed by atoms with van der Waals surface area (Å²) in [6.07, 6.45) is 0. The van der Waals surface area contributed by atoms with E-state index < -0.39 is 6.72 Å². The number of benzene rings is 1. The van der Waals surface area contributed by atoms with Crippen LogP contribution >= 0.6 is 29.6 Å². The van der Waals surface area contributed by atoms with E-state index in [1.807, 2.05) is 13.0 Å². The molecule has 0 saturated heterocycles. The minimum atomic E-state index is -3.05. The molecule has 0 bridgehead atoms. The van der Waals surface area contributed by atoms with Crippen LogP contribution in [0.2, 0.25) is 5.02 Å². The summed E-state index contributed by atoms with van der Waals surface area (Å²) in [4.78, 5) is 0. The second kappa shape index (κ2) is 3.91. The molecule has 0 aromatic heterocycles. The fourth-order valence-electron chi connectivity index (χ4n) is 0.856. The van der Waals surface area contributed by atoms with Gasteiger partial charge in [-0.1, -0.05) is 17.7 Å². The molecule has 0 fully saturated rings. The summed E-state index contributed by atoms with van der Waals surface area (Å²) in [7, 11) is 0. The van der Waals surface area contributed by atoms with Crippen molar-refractivity contribution in [2.45, 2.75) is 6.92 Å². The van der Waals surface area contributed by atoms with Crippen molar-refractivity contribution in [3.05, 3.63) is 28.8 Å². The first-order valence-electron chi connectivity index (χ1n) is 3.61. The van der Waals surface area contributed by atoms with Gasteiger partial charge in [-0.05, 0) is 35.9 Å². The molecular weight excluding hydrogens is 230 g/mol. The molecule has 1 atom stereocenters. The molecule has 0 spiro atoms. The first kappa shape index (κ1) is 10.9. The van der Waals surface area contributed by atoms with Crippen LogP contribution in [0.25, 0.3) is 0 Å². The molecule has 1 aromatic rings. The van der Waals surface area contributed by atoms with Gasteiger partial charge in [0.2, 0.25) is 0 Å². The van der Waals surface area contributed by atoms with Gasteiger partial charge < -0.3 is 4.52 Å². The van der Waals surface area contributed by atoms with Gasteiger partial charge in [-0.15, -0.1) is 0 Å². The van der Waals surface area contributed by atoms with Gasteiger partial charge in [0.25, 0.3) is 0 Å². The molecule has 72 valence electrons. The third kappa shape index (κ3) is 3.60. The third-order valence-corrected chi connectivity index (χ3v) is 2.39. The maximum absolute atomic E-state index is 11.1. The zero-order chi connectivity index (χ0) is 10.1. The van der Waals surface area contributed by atoms with Crippen molar-refractivity contribution in [1.82, 2.24) is 0 Å². The Morgan fingerprint density at radius 2 is 2.08 bits per heavy atom. The van der Waals surface area contributed by atoms with E-state index >= 15 is 0 Å². The summed E-state index contributed by atoms with van der Waals surface area (Å²) < 4.78 is 16.1. The number of aryl methyl sites for hydroxylation is 1. The zero-order valence-electron chi connectivity index (χ0n) is 7.25. The van der Waals surface area contributed by atoms with E-state index in [0.717, 1.165) is 5.56 Å². The highest BCUT2D eigenvalue weighted by molar-refractivity contribution is 7.85. The van der Waals surface area contributed by atoms with Crippen LogP contribution in [0.3, 0.4) is 0 Å². The number of rotatable bonds is 2. The smallest absolute Gasteiger partial charge is 0.333 e. The molecule has 1 unspecified atom stereocenters. The van der Waals surface area contributed by atoms with Crippen molar-refractivity contribution in [2.75, 3.05) is 6.66 Å². The lowest BCUT2D eigenvalue weighted by atomic mass is 10.2. The third-order valence-electron chi connectivity index (χ3n) is 1.35. The molecule has 0 aliphatic rings. The van der Waals surface area contributed by atoms with Gasteiger partial charge in [0.1, 0.15) is 5.75 Å². The average molecular weight is 239 g/mol. The molecule has 1 aromatic carbocycles. The lowest BCUT2D eigenvalue weighted by Crippen LogP contribution is -1.86. The number of hydrogen-bond acceptors (Lipinski definition) is 2. The van der Waals surface area contributed by atoms with Crippen molar-refractivity contribution in [1.29, 1.82) is 0 Å². The van der Waals surface area contributed by atoms with E-state index in [-0.39, 0.29) is 0 Å². The highest BCUT2D eigenvalue weighted by atomic mass is 35.7. The molecule has 0 aliphatic heterocycles. The summed E-state index contributed by atoms with van der Waals surface area (Å²) in [5.74, 6) is 0.363. The Bertz CT molecular complexity index is 359. The first-order chi connectivity index (χ1) is 5.88.